The summed E-state index contributed by atoms with van der Waals surface area (Å²) in [6.07, 6.45) is 2.44. The van der Waals surface area contributed by atoms with Crippen molar-refractivity contribution >= 4 is 15.9 Å². The van der Waals surface area contributed by atoms with Crippen LogP contribution in [0.5, 0.6) is 0 Å². The zero-order chi connectivity index (χ0) is 11.3. The molecule has 0 saturated heterocycles. The van der Waals surface area contributed by atoms with Gasteiger partial charge < -0.3 is 4.74 Å². The Morgan fingerprint density at radius 2 is 2.20 bits per heavy atom. The van der Waals surface area contributed by atoms with Crippen molar-refractivity contribution in [2.45, 2.75) is 39.4 Å². The van der Waals surface area contributed by atoms with E-state index in [2.05, 4.69) is 29.8 Å². The molecule has 0 aliphatic rings. The van der Waals surface area contributed by atoms with Gasteiger partial charge in [0.15, 0.2) is 0 Å². The summed E-state index contributed by atoms with van der Waals surface area (Å²) in [5.41, 5.74) is 0.992. The molecule has 3 heteroatoms. The Balaban J connectivity index is 2.47. The van der Waals surface area contributed by atoms with Gasteiger partial charge in [0.2, 0.25) is 0 Å². The fourth-order valence-electron chi connectivity index (χ4n) is 1.36. The topological polar surface area (TPSA) is 9.23 Å². The molecule has 0 N–H and O–H groups in total. The number of ether oxygens (including phenoxy) is 1. The van der Waals surface area contributed by atoms with E-state index in [1.54, 1.807) is 12.1 Å². The Labute approximate surface area is 98.8 Å². The highest BCUT2D eigenvalue weighted by Gasteiger charge is 2.03. The molecule has 0 bridgehead atoms. The zero-order valence-corrected chi connectivity index (χ0v) is 10.7. The first-order chi connectivity index (χ1) is 7.13. The largest absolute Gasteiger partial charge is 0.374 e. The molecule has 1 nitrogen and oxygen atoms in total. The van der Waals surface area contributed by atoms with Crippen LogP contribution in [0.4, 0.5) is 4.39 Å². The Bertz CT molecular complexity index is 314. The molecule has 0 heterocycles. The van der Waals surface area contributed by atoms with E-state index >= 15 is 0 Å². The smallest absolute Gasteiger partial charge is 0.137 e. The molecule has 0 spiro atoms. The van der Waals surface area contributed by atoms with E-state index in [-0.39, 0.29) is 11.9 Å². The Morgan fingerprint density at radius 1 is 1.47 bits per heavy atom. The van der Waals surface area contributed by atoms with E-state index in [0.717, 1.165) is 18.4 Å². The van der Waals surface area contributed by atoms with Crippen LogP contribution in [0.25, 0.3) is 0 Å². The van der Waals surface area contributed by atoms with Crippen LogP contribution in [-0.4, -0.2) is 6.10 Å². The number of rotatable bonds is 5. The van der Waals surface area contributed by atoms with Gasteiger partial charge in [0.1, 0.15) is 5.82 Å². The predicted molar refractivity (Wildman–Crippen MR) is 63.3 cm³/mol. The molecule has 0 radical (unpaired) electrons. The van der Waals surface area contributed by atoms with E-state index in [9.17, 15) is 4.39 Å². The van der Waals surface area contributed by atoms with Crippen LogP contribution in [0, 0.1) is 5.82 Å². The molecule has 1 unspecified atom stereocenters. The minimum Gasteiger partial charge on any atom is -0.374 e. The van der Waals surface area contributed by atoms with Gasteiger partial charge in [-0.25, -0.2) is 4.39 Å². The van der Waals surface area contributed by atoms with Crippen molar-refractivity contribution in [1.82, 2.24) is 0 Å². The maximum atomic E-state index is 12.9. The fourth-order valence-corrected chi connectivity index (χ4v) is 1.78. The van der Waals surface area contributed by atoms with Gasteiger partial charge in [-0.05, 0) is 47.0 Å². The van der Waals surface area contributed by atoms with Crippen molar-refractivity contribution in [2.75, 3.05) is 0 Å². The van der Waals surface area contributed by atoms with Crippen LogP contribution < -0.4 is 0 Å². The summed E-state index contributed by atoms with van der Waals surface area (Å²) in [7, 11) is 0. The van der Waals surface area contributed by atoms with Crippen LogP contribution in [0.1, 0.15) is 32.3 Å². The highest BCUT2D eigenvalue weighted by molar-refractivity contribution is 9.10. The predicted octanol–water partition coefficient (Wildman–Crippen LogP) is 4.29. The molecule has 15 heavy (non-hydrogen) atoms. The molecular weight excluding hydrogens is 259 g/mol. The lowest BCUT2D eigenvalue weighted by Gasteiger charge is -2.12. The first kappa shape index (κ1) is 12.7. The number of halogens is 2. The monoisotopic (exact) mass is 274 g/mol. The minimum atomic E-state index is -0.236. The second kappa shape index (κ2) is 6.23. The van der Waals surface area contributed by atoms with Gasteiger partial charge in [-0.1, -0.05) is 19.4 Å². The molecule has 0 saturated carbocycles. The van der Waals surface area contributed by atoms with Gasteiger partial charge >= 0.3 is 0 Å². The lowest BCUT2D eigenvalue weighted by molar-refractivity contribution is 0.0471. The second-order valence-electron chi connectivity index (χ2n) is 3.66. The van der Waals surface area contributed by atoms with E-state index in [0.29, 0.717) is 11.1 Å². The SMILES string of the molecule is CCCC(C)OCc1ccc(F)c(Br)c1. The van der Waals surface area contributed by atoms with Gasteiger partial charge in [-0.3, -0.25) is 0 Å². The van der Waals surface area contributed by atoms with Gasteiger partial charge in [0.25, 0.3) is 0 Å². The standard InChI is InChI=1S/C12H16BrFO/c1-3-4-9(2)15-8-10-5-6-12(14)11(13)7-10/h5-7,9H,3-4,8H2,1-2H3. The lowest BCUT2D eigenvalue weighted by Crippen LogP contribution is -2.07. The first-order valence-electron chi connectivity index (χ1n) is 5.19. The average Bonchev–Trinajstić information content (AvgIpc) is 2.20. The number of hydrogen-bond donors (Lipinski definition) is 0. The van der Waals surface area contributed by atoms with E-state index < -0.39 is 0 Å². The van der Waals surface area contributed by atoms with E-state index in [1.165, 1.54) is 6.07 Å². The lowest BCUT2D eigenvalue weighted by atomic mass is 10.2. The van der Waals surface area contributed by atoms with Crippen LogP contribution in [0.3, 0.4) is 0 Å². The Kier molecular flexibility index (Phi) is 5.26. The minimum absolute atomic E-state index is 0.236. The van der Waals surface area contributed by atoms with Crippen LogP contribution in [-0.2, 0) is 11.3 Å². The summed E-state index contributed by atoms with van der Waals surface area (Å²) in [6.45, 7) is 4.73. The molecule has 0 aromatic heterocycles. The van der Waals surface area contributed by atoms with Crippen molar-refractivity contribution in [3.8, 4) is 0 Å². The van der Waals surface area contributed by atoms with E-state index in [1.807, 2.05) is 0 Å². The average molecular weight is 275 g/mol. The van der Waals surface area contributed by atoms with Gasteiger partial charge in [0, 0.05) is 0 Å². The Morgan fingerprint density at radius 3 is 2.80 bits per heavy atom. The third kappa shape index (κ3) is 4.31. The third-order valence-corrected chi connectivity index (χ3v) is 2.82. The van der Waals surface area contributed by atoms with Crippen molar-refractivity contribution in [3.05, 3.63) is 34.1 Å². The van der Waals surface area contributed by atoms with Crippen LogP contribution in [0.2, 0.25) is 0 Å². The highest BCUT2D eigenvalue weighted by atomic mass is 79.9. The molecule has 1 atom stereocenters. The molecule has 0 fully saturated rings. The van der Waals surface area contributed by atoms with Crippen molar-refractivity contribution < 1.29 is 9.13 Å². The summed E-state index contributed by atoms with van der Waals surface area (Å²) in [4.78, 5) is 0. The third-order valence-electron chi connectivity index (χ3n) is 2.21. The summed E-state index contributed by atoms with van der Waals surface area (Å²) >= 11 is 3.15. The van der Waals surface area contributed by atoms with Gasteiger partial charge in [-0.2, -0.15) is 0 Å². The van der Waals surface area contributed by atoms with Gasteiger partial charge in [0.05, 0.1) is 17.2 Å². The zero-order valence-electron chi connectivity index (χ0n) is 9.09. The molecule has 0 aliphatic heterocycles. The molecule has 0 aliphatic carbocycles. The van der Waals surface area contributed by atoms with Crippen molar-refractivity contribution in [2.24, 2.45) is 0 Å². The fraction of sp³-hybridized carbons (Fsp3) is 0.500. The number of benzene rings is 1. The second-order valence-corrected chi connectivity index (χ2v) is 4.51. The van der Waals surface area contributed by atoms with E-state index in [4.69, 9.17) is 4.74 Å². The quantitative estimate of drug-likeness (QED) is 0.778. The van der Waals surface area contributed by atoms with Crippen molar-refractivity contribution in [3.63, 3.8) is 0 Å². The molecule has 1 rings (SSSR count). The maximum absolute atomic E-state index is 12.9. The molecule has 1 aromatic rings. The normalized spacial score (nSPS) is 12.8. The summed E-state index contributed by atoms with van der Waals surface area (Å²) in [5, 5.41) is 0. The summed E-state index contributed by atoms with van der Waals surface area (Å²) < 4.78 is 19.0. The van der Waals surface area contributed by atoms with Crippen LogP contribution >= 0.6 is 15.9 Å². The van der Waals surface area contributed by atoms with Crippen molar-refractivity contribution in [1.29, 1.82) is 0 Å². The van der Waals surface area contributed by atoms with Gasteiger partial charge in [-0.15, -0.1) is 0 Å². The molecule has 0 amide bonds. The summed E-state index contributed by atoms with van der Waals surface area (Å²) in [6, 6.07) is 4.96. The highest BCUT2D eigenvalue weighted by Crippen LogP contribution is 2.18. The molecule has 1 aromatic carbocycles. The number of hydrogen-bond acceptors (Lipinski definition) is 1. The van der Waals surface area contributed by atoms with Crippen LogP contribution in [0.15, 0.2) is 22.7 Å². The molecule has 84 valence electrons. The Hall–Kier alpha value is -0.410. The molecular formula is C12H16BrFO. The maximum Gasteiger partial charge on any atom is 0.137 e. The first-order valence-corrected chi connectivity index (χ1v) is 5.98. The summed E-state index contributed by atoms with van der Waals surface area (Å²) in [5.74, 6) is -0.236.